The first-order valence-electron chi connectivity index (χ1n) is 11.2. The quantitative estimate of drug-likeness (QED) is 0.507. The predicted octanol–water partition coefficient (Wildman–Crippen LogP) is 4.83. The third-order valence-corrected chi connectivity index (χ3v) is 7.64. The molecule has 2 aromatic rings. The third kappa shape index (κ3) is 6.47. The molecule has 0 unspecified atom stereocenters. The molecule has 0 aromatic heterocycles. The number of benzene rings is 2. The van der Waals surface area contributed by atoms with Crippen molar-refractivity contribution in [2.75, 3.05) is 24.4 Å². The Hall–Kier alpha value is -2.09. The first-order chi connectivity index (χ1) is 15.3. The monoisotopic (exact) mass is 477 g/mol. The Morgan fingerprint density at radius 3 is 2.59 bits per heavy atom. The van der Waals surface area contributed by atoms with E-state index < -0.39 is 10.0 Å². The van der Waals surface area contributed by atoms with Gasteiger partial charge in [-0.05, 0) is 69.5 Å². The van der Waals surface area contributed by atoms with Crippen LogP contribution in [0.1, 0.15) is 54.9 Å². The Balaban J connectivity index is 1.54. The summed E-state index contributed by atoms with van der Waals surface area (Å²) >= 11 is 6.29. The van der Waals surface area contributed by atoms with Crippen molar-refractivity contribution in [3.8, 4) is 0 Å². The average Bonchev–Trinajstić information content (AvgIpc) is 2.77. The molecule has 0 bridgehead atoms. The highest BCUT2D eigenvalue weighted by atomic mass is 35.5. The summed E-state index contributed by atoms with van der Waals surface area (Å²) in [6.07, 6.45) is 5.87. The molecule has 2 aromatic carbocycles. The first-order valence-corrected chi connectivity index (χ1v) is 13.1. The number of hydrogen-bond acceptors (Lipinski definition) is 4. The summed E-state index contributed by atoms with van der Waals surface area (Å²) in [5, 5.41) is 3.12. The maximum Gasteiger partial charge on any atom is 0.261 e. The molecule has 1 amide bonds. The summed E-state index contributed by atoms with van der Waals surface area (Å²) in [6, 6.07) is 11.8. The standard InChI is InChI=1S/C24H32ClN3O3S/c1-3-20-7-4-5-15-28(20)16-6-14-26-24(29)22-13-10-19(17-23(22)25)27-32(30,31)21-11-8-18(2)9-12-21/h8-13,17,20,27H,3-7,14-16H2,1-2H3,(H,26,29)/t20-/m1/s1. The number of anilines is 1. The number of sulfonamides is 1. The van der Waals surface area contributed by atoms with Crippen molar-refractivity contribution in [2.45, 2.75) is 56.9 Å². The minimum absolute atomic E-state index is 0.167. The average molecular weight is 478 g/mol. The molecule has 1 saturated heterocycles. The van der Waals surface area contributed by atoms with Gasteiger partial charge in [-0.3, -0.25) is 9.52 Å². The maximum atomic E-state index is 12.6. The Morgan fingerprint density at radius 2 is 1.91 bits per heavy atom. The van der Waals surface area contributed by atoms with Crippen LogP contribution in [0.3, 0.4) is 0 Å². The van der Waals surface area contributed by atoms with Gasteiger partial charge in [0.2, 0.25) is 0 Å². The number of piperidine rings is 1. The molecule has 174 valence electrons. The summed E-state index contributed by atoms with van der Waals surface area (Å²) in [5.41, 5.74) is 1.61. The van der Waals surface area contributed by atoms with Gasteiger partial charge < -0.3 is 10.2 Å². The SMILES string of the molecule is CC[C@@H]1CCCCN1CCCNC(=O)c1ccc(NS(=O)(=O)c2ccc(C)cc2)cc1Cl. The molecule has 3 rings (SSSR count). The van der Waals surface area contributed by atoms with Crippen LogP contribution in [0.4, 0.5) is 5.69 Å². The van der Waals surface area contributed by atoms with Crippen LogP contribution in [0.25, 0.3) is 0 Å². The van der Waals surface area contributed by atoms with Gasteiger partial charge in [-0.15, -0.1) is 0 Å². The molecule has 32 heavy (non-hydrogen) atoms. The number of amides is 1. The van der Waals surface area contributed by atoms with Crippen molar-refractivity contribution in [1.82, 2.24) is 10.2 Å². The lowest BCUT2D eigenvalue weighted by molar-refractivity contribution is 0.0947. The van der Waals surface area contributed by atoms with E-state index in [1.165, 1.54) is 31.7 Å². The number of carbonyl (C=O) groups excluding carboxylic acids is 1. The number of hydrogen-bond donors (Lipinski definition) is 2. The van der Waals surface area contributed by atoms with Crippen molar-refractivity contribution in [3.63, 3.8) is 0 Å². The van der Waals surface area contributed by atoms with Crippen LogP contribution in [0.2, 0.25) is 5.02 Å². The molecule has 6 nitrogen and oxygen atoms in total. The molecule has 0 spiro atoms. The zero-order valence-corrected chi connectivity index (χ0v) is 20.3. The lowest BCUT2D eigenvalue weighted by atomic mass is 10.00. The smallest absolute Gasteiger partial charge is 0.261 e. The minimum atomic E-state index is -3.73. The van der Waals surface area contributed by atoms with Crippen molar-refractivity contribution < 1.29 is 13.2 Å². The van der Waals surface area contributed by atoms with Gasteiger partial charge in [0.25, 0.3) is 15.9 Å². The fourth-order valence-electron chi connectivity index (χ4n) is 4.09. The number of rotatable bonds is 9. The van der Waals surface area contributed by atoms with Crippen LogP contribution in [0.5, 0.6) is 0 Å². The summed E-state index contributed by atoms with van der Waals surface area (Å²) < 4.78 is 27.6. The first kappa shape index (κ1) is 24.6. The molecular formula is C24H32ClN3O3S. The summed E-state index contributed by atoms with van der Waals surface area (Å²) in [6.45, 7) is 6.81. The van der Waals surface area contributed by atoms with Gasteiger partial charge in [-0.1, -0.05) is 42.6 Å². The largest absolute Gasteiger partial charge is 0.352 e. The van der Waals surface area contributed by atoms with Crippen LogP contribution < -0.4 is 10.0 Å². The highest BCUT2D eigenvalue weighted by molar-refractivity contribution is 7.92. The van der Waals surface area contributed by atoms with Gasteiger partial charge >= 0.3 is 0 Å². The summed E-state index contributed by atoms with van der Waals surface area (Å²) in [7, 11) is -3.73. The third-order valence-electron chi connectivity index (χ3n) is 5.93. The van der Waals surface area contributed by atoms with E-state index in [1.807, 2.05) is 6.92 Å². The zero-order chi connectivity index (χ0) is 23.1. The second kappa shape index (κ2) is 11.2. The molecular weight excluding hydrogens is 446 g/mol. The van der Waals surface area contributed by atoms with Crippen molar-refractivity contribution in [2.24, 2.45) is 0 Å². The zero-order valence-electron chi connectivity index (χ0n) is 18.7. The molecule has 0 radical (unpaired) electrons. The van der Waals surface area contributed by atoms with Crippen LogP contribution in [0.15, 0.2) is 47.4 Å². The number of nitrogens with zero attached hydrogens (tertiary/aromatic N) is 1. The Bertz CT molecular complexity index is 1030. The van der Waals surface area contributed by atoms with Gasteiger partial charge in [0.1, 0.15) is 0 Å². The van der Waals surface area contributed by atoms with Gasteiger partial charge in [0.05, 0.1) is 21.2 Å². The van der Waals surface area contributed by atoms with Gasteiger partial charge in [0.15, 0.2) is 0 Å². The van der Waals surface area contributed by atoms with E-state index in [-0.39, 0.29) is 15.8 Å². The summed E-state index contributed by atoms with van der Waals surface area (Å²) in [4.78, 5) is 15.2. The number of carbonyl (C=O) groups is 1. The second-order valence-electron chi connectivity index (χ2n) is 8.32. The van der Waals surface area contributed by atoms with E-state index in [2.05, 4.69) is 21.9 Å². The van der Waals surface area contributed by atoms with Crippen LogP contribution in [-0.4, -0.2) is 44.9 Å². The highest BCUT2D eigenvalue weighted by Crippen LogP contribution is 2.24. The Labute approximate surface area is 196 Å². The fourth-order valence-corrected chi connectivity index (χ4v) is 5.41. The van der Waals surface area contributed by atoms with Gasteiger partial charge in [-0.25, -0.2) is 8.42 Å². The number of aryl methyl sites for hydroxylation is 1. The molecule has 0 saturated carbocycles. The number of likely N-dealkylation sites (tertiary alicyclic amines) is 1. The van der Waals surface area contributed by atoms with Gasteiger partial charge in [-0.2, -0.15) is 0 Å². The van der Waals surface area contributed by atoms with E-state index >= 15 is 0 Å². The summed E-state index contributed by atoms with van der Waals surface area (Å²) in [5.74, 6) is -0.256. The molecule has 0 aliphatic carbocycles. The Kier molecular flexibility index (Phi) is 8.57. The highest BCUT2D eigenvalue weighted by Gasteiger charge is 2.20. The normalized spacial score (nSPS) is 17.2. The van der Waals surface area contributed by atoms with E-state index in [0.29, 0.717) is 23.8 Å². The topological polar surface area (TPSA) is 78.5 Å². The molecule has 1 aliphatic rings. The molecule has 1 atom stereocenters. The molecule has 1 fully saturated rings. The fraction of sp³-hybridized carbons (Fsp3) is 0.458. The molecule has 1 heterocycles. The predicted molar refractivity (Wildman–Crippen MR) is 130 cm³/mol. The number of nitrogens with one attached hydrogen (secondary N) is 2. The number of halogens is 1. The lowest BCUT2D eigenvalue weighted by Crippen LogP contribution is -2.40. The van der Waals surface area contributed by atoms with E-state index in [1.54, 1.807) is 36.4 Å². The van der Waals surface area contributed by atoms with Crippen molar-refractivity contribution in [3.05, 3.63) is 58.6 Å². The lowest BCUT2D eigenvalue weighted by Gasteiger charge is -2.35. The van der Waals surface area contributed by atoms with Crippen LogP contribution >= 0.6 is 11.6 Å². The van der Waals surface area contributed by atoms with Gasteiger partial charge in [0, 0.05) is 19.1 Å². The molecule has 8 heteroatoms. The van der Waals surface area contributed by atoms with E-state index in [9.17, 15) is 13.2 Å². The Morgan fingerprint density at radius 1 is 1.16 bits per heavy atom. The van der Waals surface area contributed by atoms with Crippen LogP contribution in [0, 0.1) is 6.92 Å². The minimum Gasteiger partial charge on any atom is -0.352 e. The van der Waals surface area contributed by atoms with Crippen molar-refractivity contribution in [1.29, 1.82) is 0 Å². The molecule has 2 N–H and O–H groups in total. The van der Waals surface area contributed by atoms with E-state index in [4.69, 9.17) is 11.6 Å². The van der Waals surface area contributed by atoms with E-state index in [0.717, 1.165) is 25.1 Å². The maximum absolute atomic E-state index is 12.6. The second-order valence-corrected chi connectivity index (χ2v) is 10.4. The molecule has 1 aliphatic heterocycles. The van der Waals surface area contributed by atoms with Crippen LogP contribution in [-0.2, 0) is 10.0 Å². The van der Waals surface area contributed by atoms with Crippen molar-refractivity contribution >= 4 is 33.2 Å².